The van der Waals surface area contributed by atoms with E-state index in [0.29, 0.717) is 17.9 Å². The average Bonchev–Trinajstić information content (AvgIpc) is 3.41. The number of carbonyl (C=O) groups excluding carboxylic acids is 1. The molecule has 0 spiro atoms. The van der Waals surface area contributed by atoms with E-state index in [2.05, 4.69) is 35.1 Å². The maximum Gasteiger partial charge on any atom is 0.253 e. The summed E-state index contributed by atoms with van der Waals surface area (Å²) >= 11 is 0. The highest BCUT2D eigenvalue weighted by Crippen LogP contribution is 2.36. The summed E-state index contributed by atoms with van der Waals surface area (Å²) in [5.41, 5.74) is 6.99. The maximum atomic E-state index is 13.5. The number of aromatic amines is 1. The fourth-order valence-corrected chi connectivity index (χ4v) is 5.18. The van der Waals surface area contributed by atoms with E-state index in [1.165, 1.54) is 5.56 Å². The number of carbonyl (C=O) groups is 1. The van der Waals surface area contributed by atoms with Crippen LogP contribution >= 0.6 is 0 Å². The van der Waals surface area contributed by atoms with E-state index < -0.39 is 0 Å². The Morgan fingerprint density at radius 3 is 2.75 bits per heavy atom. The molecule has 1 aliphatic heterocycles. The molecule has 36 heavy (non-hydrogen) atoms. The molecular formula is C30H27N5O. The van der Waals surface area contributed by atoms with Crippen LogP contribution in [0.2, 0.25) is 0 Å². The zero-order chi connectivity index (χ0) is 24.5. The molecule has 6 rings (SSSR count). The van der Waals surface area contributed by atoms with E-state index in [1.54, 1.807) is 12.4 Å². The third-order valence-electron chi connectivity index (χ3n) is 7.09. The van der Waals surface area contributed by atoms with Crippen LogP contribution in [0.15, 0.2) is 85.5 Å². The van der Waals surface area contributed by atoms with Gasteiger partial charge in [0, 0.05) is 66.0 Å². The molecule has 178 valence electrons. The molecule has 1 amide bonds. The smallest absolute Gasteiger partial charge is 0.253 e. The number of aromatic nitrogens is 4. The third kappa shape index (κ3) is 4.15. The number of amides is 1. The molecule has 1 fully saturated rings. The molecule has 1 N–H and O–H groups in total. The number of nitrogens with zero attached hydrogens (tertiary/aromatic N) is 4. The minimum atomic E-state index is 0.0667. The van der Waals surface area contributed by atoms with Crippen LogP contribution in [0, 0.1) is 6.92 Å². The number of benzene rings is 2. The van der Waals surface area contributed by atoms with E-state index in [0.717, 1.165) is 52.7 Å². The van der Waals surface area contributed by atoms with Gasteiger partial charge in [0.25, 0.3) is 5.91 Å². The van der Waals surface area contributed by atoms with Crippen LogP contribution in [0.3, 0.4) is 0 Å². The molecule has 0 unspecified atom stereocenters. The van der Waals surface area contributed by atoms with Crippen LogP contribution in [0.5, 0.6) is 0 Å². The third-order valence-corrected chi connectivity index (χ3v) is 7.09. The first-order chi connectivity index (χ1) is 17.7. The van der Waals surface area contributed by atoms with Crippen LogP contribution in [0.4, 0.5) is 0 Å². The number of fused-ring (bicyclic) bond motifs is 1. The van der Waals surface area contributed by atoms with E-state index in [1.807, 2.05) is 59.8 Å². The van der Waals surface area contributed by atoms with Crippen molar-refractivity contribution < 1.29 is 4.79 Å². The van der Waals surface area contributed by atoms with Gasteiger partial charge >= 0.3 is 0 Å². The normalized spacial score (nSPS) is 15.8. The Morgan fingerprint density at radius 1 is 1.03 bits per heavy atom. The number of hydrogen-bond acceptors (Lipinski definition) is 4. The number of pyridine rings is 1. The van der Waals surface area contributed by atoms with Gasteiger partial charge in [-0.1, -0.05) is 30.3 Å². The first-order valence-electron chi connectivity index (χ1n) is 12.4. The lowest BCUT2D eigenvalue weighted by Crippen LogP contribution is -2.39. The Labute approximate surface area is 210 Å². The molecule has 5 aromatic rings. The lowest BCUT2D eigenvalue weighted by molar-refractivity contribution is 0.0706. The molecule has 1 atom stereocenters. The maximum absolute atomic E-state index is 13.5. The van der Waals surface area contributed by atoms with Gasteiger partial charge in [0.2, 0.25) is 0 Å². The van der Waals surface area contributed by atoms with Gasteiger partial charge in [0.15, 0.2) is 5.82 Å². The lowest BCUT2D eigenvalue weighted by Gasteiger charge is -2.33. The van der Waals surface area contributed by atoms with Crippen molar-refractivity contribution >= 4 is 16.8 Å². The molecule has 6 heteroatoms. The molecule has 6 nitrogen and oxygen atoms in total. The second kappa shape index (κ2) is 9.38. The quantitative estimate of drug-likeness (QED) is 0.347. The molecule has 3 aromatic heterocycles. The lowest BCUT2D eigenvalue weighted by atomic mass is 9.88. The van der Waals surface area contributed by atoms with Gasteiger partial charge in [0.1, 0.15) is 0 Å². The van der Waals surface area contributed by atoms with Crippen molar-refractivity contribution in [3.8, 4) is 22.5 Å². The predicted molar refractivity (Wildman–Crippen MR) is 142 cm³/mol. The summed E-state index contributed by atoms with van der Waals surface area (Å²) in [5, 5.41) is 1.11. The molecule has 1 aliphatic rings. The van der Waals surface area contributed by atoms with Crippen molar-refractivity contribution in [3.05, 3.63) is 102 Å². The summed E-state index contributed by atoms with van der Waals surface area (Å²) in [6.45, 7) is 3.50. The van der Waals surface area contributed by atoms with E-state index in [-0.39, 0.29) is 11.8 Å². The minimum Gasteiger partial charge on any atom is -0.361 e. The van der Waals surface area contributed by atoms with Gasteiger partial charge in [-0.15, -0.1) is 0 Å². The number of rotatable bonds is 4. The van der Waals surface area contributed by atoms with E-state index in [4.69, 9.17) is 9.97 Å². The summed E-state index contributed by atoms with van der Waals surface area (Å²) in [6.07, 6.45) is 9.28. The number of H-pyrrole nitrogens is 1. The topological polar surface area (TPSA) is 74.8 Å². The van der Waals surface area contributed by atoms with Crippen molar-refractivity contribution in [1.82, 2.24) is 24.8 Å². The van der Waals surface area contributed by atoms with Gasteiger partial charge in [-0.05, 0) is 66.6 Å². The van der Waals surface area contributed by atoms with Crippen LogP contribution < -0.4 is 0 Å². The van der Waals surface area contributed by atoms with Crippen LogP contribution in [-0.2, 0) is 0 Å². The molecule has 1 saturated heterocycles. The number of hydrogen-bond donors (Lipinski definition) is 1. The fraction of sp³-hybridized carbons (Fsp3) is 0.200. The van der Waals surface area contributed by atoms with Crippen LogP contribution in [0.1, 0.15) is 40.4 Å². The summed E-state index contributed by atoms with van der Waals surface area (Å²) < 4.78 is 0. The standard InChI is InChI=1S/C30H27N5O/c1-20-5-2-3-7-25(20)26-18-33-29(22-10-13-31-14-11-22)34-28(26)24-6-4-16-35(19-24)30(36)23-9-8-21-12-15-32-27(21)17-23/h2-3,5,7-15,17-18,24,32H,4,6,16,19H2,1H3/t24-/m0/s1. The van der Waals surface area contributed by atoms with Gasteiger partial charge in [-0.25, -0.2) is 9.97 Å². The van der Waals surface area contributed by atoms with Crippen molar-refractivity contribution in [2.75, 3.05) is 13.1 Å². The van der Waals surface area contributed by atoms with Crippen molar-refractivity contribution in [2.24, 2.45) is 0 Å². The summed E-state index contributed by atoms with van der Waals surface area (Å²) in [4.78, 5) is 32.7. The van der Waals surface area contributed by atoms with Gasteiger partial charge in [-0.3, -0.25) is 9.78 Å². The van der Waals surface area contributed by atoms with Crippen molar-refractivity contribution in [2.45, 2.75) is 25.7 Å². The first-order valence-corrected chi connectivity index (χ1v) is 12.4. The second-order valence-corrected chi connectivity index (χ2v) is 9.41. The minimum absolute atomic E-state index is 0.0667. The Morgan fingerprint density at radius 2 is 1.89 bits per heavy atom. The molecule has 0 bridgehead atoms. The van der Waals surface area contributed by atoms with Gasteiger partial charge in [0.05, 0.1) is 5.69 Å². The van der Waals surface area contributed by atoms with E-state index in [9.17, 15) is 4.79 Å². The van der Waals surface area contributed by atoms with Crippen molar-refractivity contribution in [1.29, 1.82) is 0 Å². The SMILES string of the molecule is Cc1ccccc1-c1cnc(-c2ccncc2)nc1[C@H]1CCCN(C(=O)c2ccc3cc[nH]c3c2)C1. The number of piperidine rings is 1. The molecule has 0 radical (unpaired) electrons. The summed E-state index contributed by atoms with van der Waals surface area (Å²) in [7, 11) is 0. The summed E-state index contributed by atoms with van der Waals surface area (Å²) in [5.74, 6) is 0.873. The second-order valence-electron chi connectivity index (χ2n) is 9.41. The highest BCUT2D eigenvalue weighted by Gasteiger charge is 2.29. The van der Waals surface area contributed by atoms with Crippen LogP contribution in [0.25, 0.3) is 33.4 Å². The predicted octanol–water partition coefficient (Wildman–Crippen LogP) is 6.02. The molecule has 0 saturated carbocycles. The van der Waals surface area contributed by atoms with Gasteiger partial charge < -0.3 is 9.88 Å². The summed E-state index contributed by atoms with van der Waals surface area (Å²) in [6, 6.07) is 20.1. The first kappa shape index (κ1) is 22.2. The highest BCUT2D eigenvalue weighted by atomic mass is 16.2. The zero-order valence-electron chi connectivity index (χ0n) is 20.2. The zero-order valence-corrected chi connectivity index (χ0v) is 20.2. The monoisotopic (exact) mass is 473 g/mol. The number of likely N-dealkylation sites (tertiary alicyclic amines) is 1. The largest absolute Gasteiger partial charge is 0.361 e. The van der Waals surface area contributed by atoms with Crippen LogP contribution in [-0.4, -0.2) is 43.8 Å². The highest BCUT2D eigenvalue weighted by molar-refractivity contribution is 5.98. The van der Waals surface area contributed by atoms with Gasteiger partial charge in [-0.2, -0.15) is 0 Å². The fourth-order valence-electron chi connectivity index (χ4n) is 5.18. The Kier molecular flexibility index (Phi) is 5.77. The number of nitrogens with one attached hydrogen (secondary N) is 1. The molecule has 2 aromatic carbocycles. The molecule has 0 aliphatic carbocycles. The Bertz CT molecular complexity index is 1540. The molecule has 4 heterocycles. The Balaban J connectivity index is 1.37. The van der Waals surface area contributed by atoms with E-state index >= 15 is 0 Å². The average molecular weight is 474 g/mol. The Hall–Kier alpha value is -4.32. The molecular weight excluding hydrogens is 446 g/mol. The van der Waals surface area contributed by atoms with Crippen molar-refractivity contribution in [3.63, 3.8) is 0 Å². The number of aryl methyl sites for hydroxylation is 1.